The van der Waals surface area contributed by atoms with Crippen LogP contribution in [0.4, 0.5) is 0 Å². The number of imide groups is 1. The van der Waals surface area contributed by atoms with E-state index >= 15 is 0 Å². The van der Waals surface area contributed by atoms with Gasteiger partial charge in [-0.15, -0.1) is 0 Å². The van der Waals surface area contributed by atoms with E-state index in [0.717, 1.165) is 4.90 Å². The van der Waals surface area contributed by atoms with Gasteiger partial charge in [0.2, 0.25) is 0 Å². The van der Waals surface area contributed by atoms with Crippen molar-refractivity contribution in [3.8, 4) is 0 Å². The quantitative estimate of drug-likeness (QED) is 0.727. The fourth-order valence-electron chi connectivity index (χ4n) is 3.51. The summed E-state index contributed by atoms with van der Waals surface area (Å²) in [5.41, 5.74) is 0.753. The van der Waals surface area contributed by atoms with E-state index in [1.165, 1.54) is 0 Å². The third-order valence-corrected chi connectivity index (χ3v) is 4.39. The summed E-state index contributed by atoms with van der Waals surface area (Å²) in [6.07, 6.45) is -1.22. The maximum Gasteiger partial charge on any atom is 0.261 e. The summed E-state index contributed by atoms with van der Waals surface area (Å²) in [6, 6.07) is 6.08. The summed E-state index contributed by atoms with van der Waals surface area (Å²) < 4.78 is 11.4. The molecule has 2 aliphatic heterocycles. The van der Waals surface area contributed by atoms with Gasteiger partial charge in [0.25, 0.3) is 11.8 Å². The fourth-order valence-corrected chi connectivity index (χ4v) is 3.51. The fraction of sp³-hybridized carbons (Fsp3) is 0.438. The van der Waals surface area contributed by atoms with Crippen LogP contribution >= 0.6 is 0 Å². The van der Waals surface area contributed by atoms with Crippen molar-refractivity contribution in [2.45, 2.75) is 44.3 Å². The van der Waals surface area contributed by atoms with Crippen molar-refractivity contribution in [2.75, 3.05) is 0 Å². The van der Waals surface area contributed by atoms with E-state index in [1.807, 2.05) is 0 Å². The largest absolute Gasteiger partial charge is 0.342 e. The Labute approximate surface area is 127 Å². The lowest BCUT2D eigenvalue weighted by Gasteiger charge is -2.27. The molecular weight excluding hydrogens is 286 g/mol. The number of Topliss-reactive ketones (excluding diaryl/α,β-unsaturated/α-hetero) is 1. The van der Waals surface area contributed by atoms with E-state index in [9.17, 15) is 14.4 Å². The van der Waals surface area contributed by atoms with E-state index in [0.29, 0.717) is 11.1 Å². The minimum Gasteiger partial charge on any atom is -0.342 e. The van der Waals surface area contributed by atoms with Gasteiger partial charge in [0.1, 0.15) is 12.2 Å². The van der Waals surface area contributed by atoms with Crippen molar-refractivity contribution >= 4 is 17.6 Å². The number of ether oxygens (including phenoxy) is 2. The van der Waals surface area contributed by atoms with Crippen LogP contribution in [0.15, 0.2) is 24.3 Å². The van der Waals surface area contributed by atoms with Gasteiger partial charge in [0, 0.05) is 6.42 Å². The Hall–Kier alpha value is -2.05. The molecule has 22 heavy (non-hydrogen) atoms. The first-order valence-electron chi connectivity index (χ1n) is 7.24. The second kappa shape index (κ2) is 4.24. The Morgan fingerprint density at radius 1 is 1.05 bits per heavy atom. The molecule has 0 spiro atoms. The van der Waals surface area contributed by atoms with Crippen LogP contribution in [0.5, 0.6) is 0 Å². The molecule has 114 valence electrons. The molecule has 3 atom stereocenters. The number of hydrogen-bond donors (Lipinski definition) is 0. The molecule has 2 fully saturated rings. The Bertz CT molecular complexity index is 675. The van der Waals surface area contributed by atoms with Gasteiger partial charge in [-0.1, -0.05) is 12.1 Å². The maximum atomic E-state index is 12.5. The highest BCUT2D eigenvalue weighted by molar-refractivity contribution is 6.21. The zero-order valence-corrected chi connectivity index (χ0v) is 12.2. The summed E-state index contributed by atoms with van der Waals surface area (Å²) >= 11 is 0. The second-order valence-corrected chi connectivity index (χ2v) is 6.28. The van der Waals surface area contributed by atoms with E-state index in [-0.39, 0.29) is 24.0 Å². The lowest BCUT2D eigenvalue weighted by atomic mass is 10.1. The number of fused-ring (bicyclic) bond motifs is 2. The monoisotopic (exact) mass is 301 g/mol. The average Bonchev–Trinajstić information content (AvgIpc) is 3.02. The first-order chi connectivity index (χ1) is 10.4. The van der Waals surface area contributed by atoms with Crippen molar-refractivity contribution in [2.24, 2.45) is 0 Å². The standard InChI is InChI=1S/C16H15NO5/c1-16(2)21-12-10(7-11(18)13(12)22-16)17-14(19)8-5-3-4-6-9(8)15(17)20/h3-6,10,12-13H,7H2,1-2H3/t10-,12+,13-/m1/s1. The van der Waals surface area contributed by atoms with Gasteiger partial charge in [0.15, 0.2) is 11.6 Å². The summed E-state index contributed by atoms with van der Waals surface area (Å²) in [6.45, 7) is 3.44. The molecule has 0 bridgehead atoms. The van der Waals surface area contributed by atoms with Crippen LogP contribution in [-0.2, 0) is 14.3 Å². The Morgan fingerprint density at radius 2 is 1.64 bits per heavy atom. The van der Waals surface area contributed by atoms with Crippen molar-refractivity contribution in [1.29, 1.82) is 0 Å². The topological polar surface area (TPSA) is 72.9 Å². The predicted molar refractivity (Wildman–Crippen MR) is 74.2 cm³/mol. The Kier molecular flexibility index (Phi) is 2.62. The molecule has 0 N–H and O–H groups in total. The third kappa shape index (κ3) is 1.71. The first-order valence-corrected chi connectivity index (χ1v) is 7.24. The molecule has 0 unspecified atom stereocenters. The van der Waals surface area contributed by atoms with Crippen LogP contribution < -0.4 is 0 Å². The number of rotatable bonds is 1. The van der Waals surface area contributed by atoms with Gasteiger partial charge in [-0.05, 0) is 26.0 Å². The minimum atomic E-state index is -0.887. The predicted octanol–water partition coefficient (Wildman–Crippen LogP) is 1.14. The summed E-state index contributed by atoms with van der Waals surface area (Å²) in [7, 11) is 0. The summed E-state index contributed by atoms with van der Waals surface area (Å²) in [5.74, 6) is -1.75. The zero-order chi connectivity index (χ0) is 15.6. The highest BCUT2D eigenvalue weighted by Gasteiger charge is 2.58. The number of carbonyl (C=O) groups excluding carboxylic acids is 3. The molecule has 6 heteroatoms. The highest BCUT2D eigenvalue weighted by Crippen LogP contribution is 2.40. The first kappa shape index (κ1) is 13.6. The molecule has 0 radical (unpaired) electrons. The molecule has 2 amide bonds. The van der Waals surface area contributed by atoms with Crippen molar-refractivity contribution < 1.29 is 23.9 Å². The van der Waals surface area contributed by atoms with Crippen LogP contribution in [0.25, 0.3) is 0 Å². The number of hydrogen-bond acceptors (Lipinski definition) is 5. The molecule has 1 aliphatic carbocycles. The zero-order valence-electron chi connectivity index (χ0n) is 12.2. The van der Waals surface area contributed by atoms with Gasteiger partial charge in [-0.25, -0.2) is 0 Å². The number of nitrogens with zero attached hydrogens (tertiary/aromatic N) is 1. The van der Waals surface area contributed by atoms with Crippen LogP contribution in [0, 0.1) is 0 Å². The Morgan fingerprint density at radius 3 is 2.23 bits per heavy atom. The molecule has 1 aromatic carbocycles. The molecule has 4 rings (SSSR count). The van der Waals surface area contributed by atoms with E-state index in [4.69, 9.17) is 9.47 Å². The van der Waals surface area contributed by atoms with Crippen LogP contribution in [0.1, 0.15) is 41.0 Å². The smallest absolute Gasteiger partial charge is 0.261 e. The summed E-state index contributed by atoms with van der Waals surface area (Å²) in [4.78, 5) is 38.4. The number of ketones is 1. The van der Waals surface area contributed by atoms with Gasteiger partial charge >= 0.3 is 0 Å². The van der Waals surface area contributed by atoms with E-state index < -0.39 is 24.0 Å². The van der Waals surface area contributed by atoms with Crippen molar-refractivity contribution in [1.82, 2.24) is 4.90 Å². The number of benzene rings is 1. The molecule has 1 saturated heterocycles. The van der Waals surface area contributed by atoms with Gasteiger partial charge in [-0.3, -0.25) is 19.3 Å². The molecular formula is C16H15NO5. The number of carbonyl (C=O) groups is 3. The van der Waals surface area contributed by atoms with Crippen LogP contribution in [-0.4, -0.2) is 46.5 Å². The van der Waals surface area contributed by atoms with E-state index in [2.05, 4.69) is 0 Å². The van der Waals surface area contributed by atoms with Gasteiger partial charge in [-0.2, -0.15) is 0 Å². The minimum absolute atomic E-state index is 0.0802. The SMILES string of the molecule is CC1(C)O[C@@H]2[C@H](O1)C(=O)C[C@H]2N1C(=O)c2ccccc2C1=O. The second-order valence-electron chi connectivity index (χ2n) is 6.28. The highest BCUT2D eigenvalue weighted by atomic mass is 16.8. The van der Waals surface area contributed by atoms with E-state index in [1.54, 1.807) is 38.1 Å². The molecule has 0 aromatic heterocycles. The Balaban J connectivity index is 1.71. The lowest BCUT2D eigenvalue weighted by molar-refractivity contribution is -0.162. The summed E-state index contributed by atoms with van der Waals surface area (Å²) in [5, 5.41) is 0. The maximum absolute atomic E-state index is 12.5. The van der Waals surface area contributed by atoms with Gasteiger partial charge in [0.05, 0.1) is 17.2 Å². The van der Waals surface area contributed by atoms with Crippen LogP contribution in [0.3, 0.4) is 0 Å². The normalized spacial score (nSPS) is 32.5. The average molecular weight is 301 g/mol. The molecule has 6 nitrogen and oxygen atoms in total. The molecule has 2 heterocycles. The van der Waals surface area contributed by atoms with Crippen molar-refractivity contribution in [3.05, 3.63) is 35.4 Å². The number of amides is 2. The van der Waals surface area contributed by atoms with Crippen molar-refractivity contribution in [3.63, 3.8) is 0 Å². The molecule has 1 saturated carbocycles. The molecule has 1 aromatic rings. The van der Waals surface area contributed by atoms with Gasteiger partial charge < -0.3 is 9.47 Å². The lowest BCUT2D eigenvalue weighted by Crippen LogP contribution is -2.46. The van der Waals surface area contributed by atoms with Crippen LogP contribution in [0.2, 0.25) is 0 Å². The molecule has 3 aliphatic rings. The third-order valence-electron chi connectivity index (χ3n) is 4.39.